The second kappa shape index (κ2) is 8.19. The molecule has 0 atom stereocenters. The summed E-state index contributed by atoms with van der Waals surface area (Å²) in [7, 11) is 0. The largest absolute Gasteiger partial charge is 0.325 e. The molecule has 1 aliphatic carbocycles. The van der Waals surface area contributed by atoms with Crippen LogP contribution in [-0.4, -0.2) is 22.3 Å². The van der Waals surface area contributed by atoms with Crippen molar-refractivity contribution >= 4 is 22.5 Å². The van der Waals surface area contributed by atoms with Gasteiger partial charge >= 0.3 is 0 Å². The molecule has 2 aromatic carbocycles. The van der Waals surface area contributed by atoms with Gasteiger partial charge in [0.05, 0.1) is 16.6 Å². The molecule has 5 rings (SSSR count). The number of rotatable bonds is 5. The minimum atomic E-state index is -0.266. The highest BCUT2D eigenvalue weighted by Crippen LogP contribution is 2.41. The molecular formula is C26H29N3O. The molecule has 30 heavy (non-hydrogen) atoms. The lowest BCUT2D eigenvalue weighted by Gasteiger charge is -2.37. The van der Waals surface area contributed by atoms with Crippen molar-refractivity contribution in [3.8, 4) is 0 Å². The number of carbonyl (C=O) groups is 1. The molecule has 0 radical (unpaired) electrons. The second-order valence-corrected chi connectivity index (χ2v) is 8.90. The minimum absolute atomic E-state index is 0.190. The van der Waals surface area contributed by atoms with Gasteiger partial charge in [-0.15, -0.1) is 0 Å². The fraction of sp³-hybridized carbons (Fsp3) is 0.385. The molecule has 0 unspecified atom stereocenters. The number of fused-ring (bicyclic) bond motifs is 2. The zero-order valence-electron chi connectivity index (χ0n) is 17.4. The van der Waals surface area contributed by atoms with Crippen LogP contribution in [0.25, 0.3) is 10.9 Å². The summed E-state index contributed by atoms with van der Waals surface area (Å²) in [5, 5.41) is 4.30. The monoisotopic (exact) mass is 399 g/mol. The highest BCUT2D eigenvalue weighted by Gasteiger charge is 2.40. The molecule has 1 amide bonds. The molecule has 0 saturated heterocycles. The third kappa shape index (κ3) is 3.72. The van der Waals surface area contributed by atoms with Gasteiger partial charge in [0.1, 0.15) is 0 Å². The predicted molar refractivity (Wildman–Crippen MR) is 121 cm³/mol. The average molecular weight is 400 g/mol. The molecule has 0 spiro atoms. The highest BCUT2D eigenvalue weighted by atomic mass is 16.2. The number of hydrogen-bond donors (Lipinski definition) is 1. The van der Waals surface area contributed by atoms with Crippen molar-refractivity contribution in [1.82, 2.24) is 9.88 Å². The number of hydrogen-bond acceptors (Lipinski definition) is 3. The third-order valence-corrected chi connectivity index (χ3v) is 7.00. The van der Waals surface area contributed by atoms with E-state index in [1.165, 1.54) is 17.5 Å². The molecule has 1 fully saturated rings. The lowest BCUT2D eigenvalue weighted by Crippen LogP contribution is -2.40. The van der Waals surface area contributed by atoms with Crippen LogP contribution in [0.5, 0.6) is 0 Å². The highest BCUT2D eigenvalue weighted by molar-refractivity contribution is 6.03. The van der Waals surface area contributed by atoms with E-state index in [4.69, 9.17) is 0 Å². The Labute approximate surface area is 178 Å². The number of nitrogens with one attached hydrogen (secondary N) is 1. The Kier molecular flexibility index (Phi) is 5.26. The van der Waals surface area contributed by atoms with Crippen molar-refractivity contribution in [3.05, 3.63) is 71.9 Å². The van der Waals surface area contributed by atoms with Crippen molar-refractivity contribution in [3.63, 3.8) is 0 Å². The van der Waals surface area contributed by atoms with E-state index >= 15 is 0 Å². The van der Waals surface area contributed by atoms with E-state index in [9.17, 15) is 4.79 Å². The normalized spacial score (nSPS) is 18.3. The SMILES string of the molecule is O=C(Nc1ccnc2ccccc12)C1(CCN2Cc3ccccc3C2)CCCCC1. The number of anilines is 1. The molecule has 3 aromatic rings. The summed E-state index contributed by atoms with van der Waals surface area (Å²) in [5.74, 6) is 0.190. The Bertz CT molecular complexity index is 1020. The standard InChI is InChI=1S/C26H29N3O/c30-25(28-24-12-16-27-23-11-5-4-10-22(23)24)26(13-6-1-7-14-26)15-17-29-18-20-8-2-3-9-21(20)19-29/h2-5,8-12,16H,1,6-7,13-15,17-19H2,(H,27,28,30). The van der Waals surface area contributed by atoms with Gasteiger partial charge in [-0.2, -0.15) is 0 Å². The van der Waals surface area contributed by atoms with Gasteiger partial charge in [-0.1, -0.05) is 61.7 Å². The molecule has 1 saturated carbocycles. The van der Waals surface area contributed by atoms with Crippen molar-refractivity contribution in [2.45, 2.75) is 51.6 Å². The zero-order valence-corrected chi connectivity index (χ0v) is 17.4. The first kappa shape index (κ1) is 19.3. The van der Waals surface area contributed by atoms with E-state index < -0.39 is 0 Å². The van der Waals surface area contributed by atoms with Crippen molar-refractivity contribution in [1.29, 1.82) is 0 Å². The van der Waals surface area contributed by atoms with Crippen LogP contribution in [0, 0.1) is 5.41 Å². The number of pyridine rings is 1. The summed E-state index contributed by atoms with van der Waals surface area (Å²) >= 11 is 0. The number of nitrogens with zero attached hydrogens (tertiary/aromatic N) is 2. The number of carbonyl (C=O) groups excluding carboxylic acids is 1. The van der Waals surface area contributed by atoms with Crippen LogP contribution in [0.1, 0.15) is 49.7 Å². The molecule has 1 aliphatic heterocycles. The van der Waals surface area contributed by atoms with E-state index in [0.29, 0.717) is 0 Å². The number of aromatic nitrogens is 1. The van der Waals surface area contributed by atoms with Gasteiger partial charge in [-0.3, -0.25) is 14.7 Å². The summed E-state index contributed by atoms with van der Waals surface area (Å²) in [5.41, 5.74) is 4.40. The van der Waals surface area contributed by atoms with E-state index in [2.05, 4.69) is 39.5 Å². The summed E-state index contributed by atoms with van der Waals surface area (Å²) in [6.07, 6.45) is 8.21. The fourth-order valence-corrected chi connectivity index (χ4v) is 5.21. The Hall–Kier alpha value is -2.72. The topological polar surface area (TPSA) is 45.2 Å². The Morgan fingerprint density at radius 2 is 1.63 bits per heavy atom. The fourth-order valence-electron chi connectivity index (χ4n) is 5.21. The summed E-state index contributed by atoms with van der Waals surface area (Å²) in [6, 6.07) is 18.6. The first-order valence-corrected chi connectivity index (χ1v) is 11.2. The van der Waals surface area contributed by atoms with E-state index in [-0.39, 0.29) is 11.3 Å². The van der Waals surface area contributed by atoms with Gasteiger partial charge in [0.25, 0.3) is 0 Å². The van der Waals surface area contributed by atoms with Crippen LogP contribution in [0.2, 0.25) is 0 Å². The van der Waals surface area contributed by atoms with E-state index in [1.807, 2.05) is 30.3 Å². The minimum Gasteiger partial charge on any atom is -0.325 e. The van der Waals surface area contributed by atoms with Crippen molar-refractivity contribution in [2.24, 2.45) is 5.41 Å². The summed E-state index contributed by atoms with van der Waals surface area (Å²) in [4.78, 5) is 20.5. The smallest absolute Gasteiger partial charge is 0.230 e. The molecule has 1 aromatic heterocycles. The Morgan fingerprint density at radius 3 is 2.40 bits per heavy atom. The molecule has 154 valence electrons. The third-order valence-electron chi connectivity index (χ3n) is 7.00. The molecule has 1 N–H and O–H groups in total. The first-order chi connectivity index (χ1) is 14.7. The van der Waals surface area contributed by atoms with Crippen LogP contribution >= 0.6 is 0 Å². The van der Waals surface area contributed by atoms with Gasteiger partial charge in [0.15, 0.2) is 0 Å². The average Bonchev–Trinajstić information content (AvgIpc) is 3.22. The number of benzene rings is 2. The van der Waals surface area contributed by atoms with E-state index in [1.54, 1.807) is 6.20 Å². The molecule has 4 nitrogen and oxygen atoms in total. The quantitative estimate of drug-likeness (QED) is 0.613. The predicted octanol–water partition coefficient (Wildman–Crippen LogP) is 5.53. The summed E-state index contributed by atoms with van der Waals surface area (Å²) in [6.45, 7) is 2.98. The van der Waals surface area contributed by atoms with Crippen molar-refractivity contribution < 1.29 is 4.79 Å². The van der Waals surface area contributed by atoms with Crippen LogP contribution in [0.15, 0.2) is 60.8 Å². The molecule has 0 bridgehead atoms. The van der Waals surface area contributed by atoms with Crippen molar-refractivity contribution in [2.75, 3.05) is 11.9 Å². The van der Waals surface area contributed by atoms with Gasteiger partial charge in [0.2, 0.25) is 5.91 Å². The van der Waals surface area contributed by atoms with Gasteiger partial charge in [-0.25, -0.2) is 0 Å². The number of para-hydroxylation sites is 1. The lowest BCUT2D eigenvalue weighted by molar-refractivity contribution is -0.128. The first-order valence-electron chi connectivity index (χ1n) is 11.2. The molecular weight excluding hydrogens is 370 g/mol. The maximum Gasteiger partial charge on any atom is 0.230 e. The van der Waals surface area contributed by atoms with Crippen LogP contribution in [0.3, 0.4) is 0 Å². The maximum atomic E-state index is 13.6. The van der Waals surface area contributed by atoms with Gasteiger partial charge < -0.3 is 5.32 Å². The lowest BCUT2D eigenvalue weighted by atomic mass is 9.71. The van der Waals surface area contributed by atoms with Crippen LogP contribution in [-0.2, 0) is 17.9 Å². The van der Waals surface area contributed by atoms with Crippen LogP contribution in [0.4, 0.5) is 5.69 Å². The molecule has 2 aliphatic rings. The molecule has 4 heteroatoms. The second-order valence-electron chi connectivity index (χ2n) is 8.90. The Morgan fingerprint density at radius 1 is 0.933 bits per heavy atom. The molecule has 2 heterocycles. The summed E-state index contributed by atoms with van der Waals surface area (Å²) < 4.78 is 0. The number of amides is 1. The Balaban J connectivity index is 1.33. The van der Waals surface area contributed by atoms with Gasteiger partial charge in [0, 0.05) is 24.7 Å². The zero-order chi connectivity index (χ0) is 20.4. The maximum absolute atomic E-state index is 13.6. The van der Waals surface area contributed by atoms with Crippen LogP contribution < -0.4 is 5.32 Å². The van der Waals surface area contributed by atoms with E-state index in [0.717, 1.165) is 68.3 Å². The van der Waals surface area contributed by atoms with Gasteiger partial charge in [-0.05, 0) is 49.1 Å².